The number of benzene rings is 1. The van der Waals surface area contributed by atoms with E-state index in [1.165, 1.54) is 0 Å². The van der Waals surface area contributed by atoms with E-state index >= 15 is 0 Å². The maximum absolute atomic E-state index is 12.1. The minimum atomic E-state index is -0.212. The first-order valence-electron chi connectivity index (χ1n) is 10.3. The molecule has 0 spiro atoms. The highest BCUT2D eigenvalue weighted by Gasteiger charge is 2.23. The zero-order valence-corrected chi connectivity index (χ0v) is 16.8. The molecule has 7 nitrogen and oxygen atoms in total. The lowest BCUT2D eigenvalue weighted by Gasteiger charge is -2.20. The van der Waals surface area contributed by atoms with E-state index in [1.54, 1.807) is 0 Å². The number of ether oxygens (including phenoxy) is 1. The number of fused-ring (bicyclic) bond motifs is 1. The molecule has 1 aromatic carbocycles. The number of carbonyl (C=O) groups is 1. The summed E-state index contributed by atoms with van der Waals surface area (Å²) in [5.74, 6) is 0.853. The van der Waals surface area contributed by atoms with Gasteiger partial charge in [0.15, 0.2) is 0 Å². The quantitative estimate of drug-likeness (QED) is 0.712. The van der Waals surface area contributed by atoms with Crippen LogP contribution in [0, 0.1) is 0 Å². The number of anilines is 1. The molecule has 1 saturated heterocycles. The first-order chi connectivity index (χ1) is 14.2. The zero-order valence-electron chi connectivity index (χ0n) is 16.8. The Labute approximate surface area is 170 Å². The lowest BCUT2D eigenvalue weighted by molar-refractivity contribution is 0.108. The zero-order chi connectivity index (χ0) is 20.1. The second-order valence-corrected chi connectivity index (χ2v) is 7.29. The molecule has 0 bridgehead atoms. The Kier molecular flexibility index (Phi) is 5.93. The van der Waals surface area contributed by atoms with Crippen molar-refractivity contribution in [2.24, 2.45) is 0 Å². The highest BCUT2D eigenvalue weighted by molar-refractivity contribution is 5.78. The fourth-order valence-electron chi connectivity index (χ4n) is 3.82. The van der Waals surface area contributed by atoms with E-state index in [-0.39, 0.29) is 12.1 Å². The second kappa shape index (κ2) is 8.94. The summed E-state index contributed by atoms with van der Waals surface area (Å²) in [6.07, 6.45) is 4.40. The maximum atomic E-state index is 12.1. The van der Waals surface area contributed by atoms with Crippen molar-refractivity contribution in [2.75, 3.05) is 25.0 Å². The van der Waals surface area contributed by atoms with E-state index in [4.69, 9.17) is 9.72 Å². The third-order valence-corrected chi connectivity index (χ3v) is 5.29. The predicted octanol–water partition coefficient (Wildman–Crippen LogP) is 3.90. The van der Waals surface area contributed by atoms with Crippen molar-refractivity contribution >= 4 is 23.1 Å². The van der Waals surface area contributed by atoms with Crippen LogP contribution < -0.4 is 5.32 Å². The highest BCUT2D eigenvalue weighted by atomic mass is 16.6. The molecule has 1 aliphatic heterocycles. The van der Waals surface area contributed by atoms with Gasteiger partial charge < -0.3 is 19.5 Å². The molecule has 29 heavy (non-hydrogen) atoms. The fourth-order valence-corrected chi connectivity index (χ4v) is 3.82. The van der Waals surface area contributed by atoms with Crippen LogP contribution in [0.2, 0.25) is 0 Å². The van der Waals surface area contributed by atoms with Crippen molar-refractivity contribution in [2.45, 2.75) is 38.8 Å². The summed E-state index contributed by atoms with van der Waals surface area (Å²) in [5, 5.41) is 3.64. The summed E-state index contributed by atoms with van der Waals surface area (Å²) in [7, 11) is 0. The van der Waals surface area contributed by atoms with Crippen LogP contribution in [0.15, 0.2) is 48.7 Å². The third kappa shape index (κ3) is 4.50. The van der Waals surface area contributed by atoms with Gasteiger partial charge in [-0.1, -0.05) is 18.2 Å². The molecule has 2 aromatic heterocycles. The van der Waals surface area contributed by atoms with Gasteiger partial charge in [-0.2, -0.15) is 0 Å². The Morgan fingerprint density at radius 2 is 2.03 bits per heavy atom. The number of hydrogen-bond donors (Lipinski definition) is 1. The summed E-state index contributed by atoms with van der Waals surface area (Å²) >= 11 is 0. The number of aromatic nitrogens is 3. The average Bonchev–Trinajstić information content (AvgIpc) is 2.91. The van der Waals surface area contributed by atoms with Crippen LogP contribution >= 0.6 is 0 Å². The van der Waals surface area contributed by atoms with Crippen LogP contribution in [0.25, 0.3) is 11.0 Å². The van der Waals surface area contributed by atoms with E-state index in [0.29, 0.717) is 19.7 Å². The summed E-state index contributed by atoms with van der Waals surface area (Å²) < 4.78 is 7.35. The molecular formula is C22H27N5O2. The van der Waals surface area contributed by atoms with Crippen molar-refractivity contribution in [1.82, 2.24) is 19.4 Å². The van der Waals surface area contributed by atoms with Gasteiger partial charge in [-0.15, -0.1) is 0 Å². The molecule has 1 aliphatic rings. The van der Waals surface area contributed by atoms with Crippen LogP contribution in [0.4, 0.5) is 10.7 Å². The van der Waals surface area contributed by atoms with E-state index < -0.39 is 0 Å². The summed E-state index contributed by atoms with van der Waals surface area (Å²) in [4.78, 5) is 23.2. The Balaban J connectivity index is 1.53. The minimum absolute atomic E-state index is 0.212. The van der Waals surface area contributed by atoms with E-state index in [2.05, 4.69) is 20.9 Å². The number of hydrogen-bond acceptors (Lipinski definition) is 5. The number of para-hydroxylation sites is 2. The monoisotopic (exact) mass is 393 g/mol. The molecule has 1 fully saturated rings. The van der Waals surface area contributed by atoms with Gasteiger partial charge in [0.25, 0.3) is 0 Å². The molecule has 3 aromatic rings. The van der Waals surface area contributed by atoms with Crippen molar-refractivity contribution in [3.63, 3.8) is 0 Å². The van der Waals surface area contributed by atoms with Crippen molar-refractivity contribution < 1.29 is 9.53 Å². The van der Waals surface area contributed by atoms with Crippen molar-refractivity contribution in [1.29, 1.82) is 0 Å². The lowest BCUT2D eigenvalue weighted by Crippen LogP contribution is -2.33. The highest BCUT2D eigenvalue weighted by Crippen LogP contribution is 2.23. The Morgan fingerprint density at radius 1 is 1.17 bits per heavy atom. The molecule has 0 aliphatic carbocycles. The molecule has 0 radical (unpaired) electrons. The molecule has 152 valence electrons. The van der Waals surface area contributed by atoms with Gasteiger partial charge in [-0.05, 0) is 50.5 Å². The maximum Gasteiger partial charge on any atom is 0.409 e. The van der Waals surface area contributed by atoms with E-state index in [1.807, 2.05) is 54.4 Å². The number of nitrogens with one attached hydrogen (secondary N) is 1. The Morgan fingerprint density at radius 3 is 2.86 bits per heavy atom. The van der Waals surface area contributed by atoms with Gasteiger partial charge in [0.2, 0.25) is 5.95 Å². The normalized spacial score (nSPS) is 17.1. The number of rotatable bonds is 5. The number of carbonyl (C=O) groups excluding carboxylic acids is 1. The second-order valence-electron chi connectivity index (χ2n) is 7.29. The first kappa shape index (κ1) is 19.2. The van der Waals surface area contributed by atoms with Gasteiger partial charge in [-0.25, -0.2) is 9.78 Å². The largest absolute Gasteiger partial charge is 0.450 e. The van der Waals surface area contributed by atoms with Crippen LogP contribution in [-0.2, 0) is 11.3 Å². The van der Waals surface area contributed by atoms with Crippen molar-refractivity contribution in [3.05, 3.63) is 54.4 Å². The lowest BCUT2D eigenvalue weighted by atomic mass is 10.1. The number of likely N-dealkylation sites (tertiary alicyclic amines) is 1. The van der Waals surface area contributed by atoms with E-state index in [0.717, 1.165) is 48.5 Å². The van der Waals surface area contributed by atoms with Gasteiger partial charge in [0, 0.05) is 25.3 Å². The van der Waals surface area contributed by atoms with Gasteiger partial charge in [0.1, 0.15) is 0 Å². The summed E-state index contributed by atoms with van der Waals surface area (Å²) in [6, 6.07) is 14.4. The molecule has 1 unspecified atom stereocenters. The van der Waals surface area contributed by atoms with E-state index in [9.17, 15) is 4.79 Å². The van der Waals surface area contributed by atoms with Crippen molar-refractivity contribution in [3.8, 4) is 0 Å². The molecule has 7 heteroatoms. The third-order valence-electron chi connectivity index (χ3n) is 5.29. The number of pyridine rings is 1. The minimum Gasteiger partial charge on any atom is -0.450 e. The Bertz CT molecular complexity index is 956. The fraction of sp³-hybridized carbons (Fsp3) is 0.409. The summed E-state index contributed by atoms with van der Waals surface area (Å²) in [5.41, 5.74) is 3.04. The molecule has 3 heterocycles. The van der Waals surface area contributed by atoms with Gasteiger partial charge >= 0.3 is 6.09 Å². The molecule has 1 atom stereocenters. The van der Waals surface area contributed by atoms with Gasteiger partial charge in [0.05, 0.1) is 29.9 Å². The molecule has 1 amide bonds. The van der Waals surface area contributed by atoms with Crippen LogP contribution in [0.1, 0.15) is 31.9 Å². The summed E-state index contributed by atoms with van der Waals surface area (Å²) in [6.45, 7) is 4.34. The molecule has 1 N–H and O–H groups in total. The smallest absolute Gasteiger partial charge is 0.409 e. The Hall–Kier alpha value is -3.09. The molecule has 4 rings (SSSR count). The number of nitrogens with zero attached hydrogens (tertiary/aromatic N) is 4. The number of imidazole rings is 1. The first-order valence-corrected chi connectivity index (χ1v) is 10.3. The molecule has 0 saturated carbocycles. The standard InChI is InChI=1S/C22H27N5O2/c1-2-29-22(28)26-14-7-9-17(12-15-26)24-21-25-19-10-3-4-11-20(19)27(21)16-18-8-5-6-13-23-18/h3-6,8,10-11,13,17H,2,7,9,12,14-16H2,1H3,(H,24,25). The molecular weight excluding hydrogens is 366 g/mol. The topological polar surface area (TPSA) is 72.3 Å². The van der Waals surface area contributed by atoms with Crippen LogP contribution in [0.3, 0.4) is 0 Å². The average molecular weight is 393 g/mol. The predicted molar refractivity (Wildman–Crippen MR) is 113 cm³/mol. The van der Waals surface area contributed by atoms with Crippen LogP contribution in [-0.4, -0.2) is 51.3 Å². The van der Waals surface area contributed by atoms with Gasteiger partial charge in [-0.3, -0.25) is 4.98 Å². The van der Waals surface area contributed by atoms with Crippen LogP contribution in [0.5, 0.6) is 0 Å². The SMILES string of the molecule is CCOC(=O)N1CCCC(Nc2nc3ccccc3n2Cc2ccccn2)CC1. The number of amides is 1.